The van der Waals surface area contributed by atoms with Crippen molar-refractivity contribution in [1.29, 1.82) is 0 Å². The summed E-state index contributed by atoms with van der Waals surface area (Å²) in [5.74, 6) is -0.698. The Labute approximate surface area is 99.2 Å². The van der Waals surface area contributed by atoms with Gasteiger partial charge in [-0.1, -0.05) is 6.08 Å². The highest BCUT2D eigenvalue weighted by molar-refractivity contribution is 7.98. The molecule has 0 fully saturated rings. The van der Waals surface area contributed by atoms with Crippen molar-refractivity contribution in [3.63, 3.8) is 0 Å². The molecule has 0 aromatic rings. The number of amides is 1. The fourth-order valence-corrected chi connectivity index (χ4v) is 1.29. The maximum Gasteiger partial charge on any atom is 0.328 e. The molecule has 1 amide bonds. The predicted octanol–water partition coefficient (Wildman–Crippen LogP) is 0.511. The Morgan fingerprint density at radius 2 is 2.31 bits per heavy atom. The Hall–Kier alpha value is -1.01. The maximum atomic E-state index is 11.3. The number of rotatable bonds is 9. The zero-order chi connectivity index (χ0) is 12.4. The first-order valence-electron chi connectivity index (χ1n) is 4.81. The molecule has 0 aliphatic heterocycles. The molecule has 5 nitrogen and oxygen atoms in total. The highest BCUT2D eigenvalue weighted by Gasteiger charge is 2.19. The van der Waals surface area contributed by atoms with Crippen LogP contribution in [0.1, 0.15) is 6.42 Å². The second-order valence-corrected chi connectivity index (χ2v) is 4.01. The molecule has 0 aliphatic rings. The lowest BCUT2D eigenvalue weighted by molar-refractivity contribution is -0.143. The summed E-state index contributed by atoms with van der Waals surface area (Å²) in [6.07, 6.45) is 3.72. The normalized spacial score (nSPS) is 11.8. The van der Waals surface area contributed by atoms with Crippen molar-refractivity contribution in [1.82, 2.24) is 5.32 Å². The minimum absolute atomic E-state index is 0.0492. The monoisotopic (exact) mass is 247 g/mol. The van der Waals surface area contributed by atoms with E-state index in [4.69, 9.17) is 9.84 Å². The summed E-state index contributed by atoms with van der Waals surface area (Å²) < 4.78 is 4.99. The van der Waals surface area contributed by atoms with E-state index in [0.717, 1.165) is 0 Å². The van der Waals surface area contributed by atoms with Gasteiger partial charge in [-0.15, -0.1) is 6.58 Å². The van der Waals surface area contributed by atoms with E-state index < -0.39 is 12.0 Å². The van der Waals surface area contributed by atoms with Gasteiger partial charge in [-0.3, -0.25) is 4.79 Å². The molecule has 6 heteroatoms. The van der Waals surface area contributed by atoms with Crippen LogP contribution in [0.2, 0.25) is 0 Å². The van der Waals surface area contributed by atoms with E-state index in [1.807, 2.05) is 6.26 Å². The Morgan fingerprint density at radius 1 is 1.62 bits per heavy atom. The van der Waals surface area contributed by atoms with Crippen molar-refractivity contribution in [3.05, 3.63) is 12.7 Å². The van der Waals surface area contributed by atoms with Crippen molar-refractivity contribution in [2.45, 2.75) is 12.5 Å². The summed E-state index contributed by atoms with van der Waals surface area (Å²) in [4.78, 5) is 22.1. The van der Waals surface area contributed by atoms with E-state index in [-0.39, 0.29) is 19.1 Å². The predicted molar refractivity (Wildman–Crippen MR) is 63.6 cm³/mol. The van der Waals surface area contributed by atoms with E-state index in [1.54, 1.807) is 0 Å². The third-order valence-corrected chi connectivity index (χ3v) is 2.30. The Bertz CT molecular complexity index is 245. The van der Waals surface area contributed by atoms with Crippen LogP contribution < -0.4 is 5.32 Å². The van der Waals surface area contributed by atoms with E-state index in [9.17, 15) is 9.59 Å². The topological polar surface area (TPSA) is 75.6 Å². The van der Waals surface area contributed by atoms with E-state index in [0.29, 0.717) is 12.2 Å². The van der Waals surface area contributed by atoms with E-state index in [2.05, 4.69) is 11.9 Å². The van der Waals surface area contributed by atoms with Crippen LogP contribution in [0.5, 0.6) is 0 Å². The number of nitrogens with one attached hydrogen (secondary N) is 1. The molecule has 1 atom stereocenters. The first-order valence-corrected chi connectivity index (χ1v) is 6.21. The quantitative estimate of drug-likeness (QED) is 0.458. The van der Waals surface area contributed by atoms with Gasteiger partial charge in [-0.2, -0.15) is 11.8 Å². The summed E-state index contributed by atoms with van der Waals surface area (Å²) in [6.45, 7) is 3.66. The molecule has 16 heavy (non-hydrogen) atoms. The van der Waals surface area contributed by atoms with Gasteiger partial charge < -0.3 is 15.2 Å². The molecule has 0 bridgehead atoms. The van der Waals surface area contributed by atoms with Crippen LogP contribution in [0.3, 0.4) is 0 Å². The summed E-state index contributed by atoms with van der Waals surface area (Å²) in [5.41, 5.74) is 0. The minimum Gasteiger partial charge on any atom is -0.480 e. The Kier molecular flexibility index (Phi) is 8.65. The van der Waals surface area contributed by atoms with Crippen LogP contribution in [0.4, 0.5) is 0 Å². The highest BCUT2D eigenvalue weighted by Crippen LogP contribution is 1.96. The number of hydrogen-bond acceptors (Lipinski definition) is 4. The van der Waals surface area contributed by atoms with Crippen molar-refractivity contribution in [2.24, 2.45) is 0 Å². The van der Waals surface area contributed by atoms with Gasteiger partial charge in [0.2, 0.25) is 5.91 Å². The molecule has 0 rings (SSSR count). The molecule has 0 aromatic carbocycles. The Morgan fingerprint density at radius 3 is 2.81 bits per heavy atom. The first-order chi connectivity index (χ1) is 7.61. The number of ether oxygens (including phenoxy) is 1. The molecule has 0 saturated carbocycles. The molecular weight excluding hydrogens is 230 g/mol. The van der Waals surface area contributed by atoms with Gasteiger partial charge in [0.15, 0.2) is 6.04 Å². The molecular formula is C10H17NO4S. The van der Waals surface area contributed by atoms with Crippen LogP contribution in [0.25, 0.3) is 0 Å². The number of carboxylic acids is 1. The molecule has 2 N–H and O–H groups in total. The van der Waals surface area contributed by atoms with Gasteiger partial charge in [-0.25, -0.2) is 4.79 Å². The smallest absolute Gasteiger partial charge is 0.328 e. The molecule has 0 spiro atoms. The lowest BCUT2D eigenvalue weighted by Gasteiger charge is -2.13. The fourth-order valence-electron chi connectivity index (χ4n) is 0.905. The number of hydrogen-bond donors (Lipinski definition) is 2. The third-order valence-electron chi connectivity index (χ3n) is 1.69. The fraction of sp³-hybridized carbons (Fsp3) is 0.600. The molecule has 1 unspecified atom stereocenters. The van der Waals surface area contributed by atoms with Crippen molar-refractivity contribution in [3.8, 4) is 0 Å². The number of aliphatic carboxylic acids is 1. The van der Waals surface area contributed by atoms with E-state index in [1.165, 1.54) is 17.8 Å². The summed E-state index contributed by atoms with van der Waals surface area (Å²) in [7, 11) is 0. The average molecular weight is 247 g/mol. The first kappa shape index (κ1) is 15.0. The largest absolute Gasteiger partial charge is 0.480 e. The second kappa shape index (κ2) is 9.23. The van der Waals surface area contributed by atoms with Crippen molar-refractivity contribution >= 4 is 23.6 Å². The standard InChI is InChI=1S/C10H17NO4S/c1-3-5-15-7-8(10(13)14)11-9(12)4-6-16-2/h3,8H,1,4-7H2,2H3,(H,11,12)(H,13,14). The molecule has 0 heterocycles. The number of carboxylic acid groups (broad SMARTS) is 1. The number of carbonyl (C=O) groups excluding carboxylic acids is 1. The van der Waals surface area contributed by atoms with Crippen molar-refractivity contribution in [2.75, 3.05) is 25.2 Å². The van der Waals surface area contributed by atoms with Gasteiger partial charge in [0, 0.05) is 12.2 Å². The molecule has 92 valence electrons. The second-order valence-electron chi connectivity index (χ2n) is 3.03. The maximum absolute atomic E-state index is 11.3. The van der Waals surface area contributed by atoms with Crippen LogP contribution in [0, 0.1) is 0 Å². The molecule has 0 aromatic heterocycles. The minimum atomic E-state index is -1.10. The van der Waals surface area contributed by atoms with Crippen LogP contribution in [-0.4, -0.2) is 48.2 Å². The molecule has 0 aliphatic carbocycles. The highest BCUT2D eigenvalue weighted by atomic mass is 32.2. The lowest BCUT2D eigenvalue weighted by Crippen LogP contribution is -2.44. The summed E-state index contributed by atoms with van der Waals surface area (Å²) in [6, 6.07) is -0.991. The van der Waals surface area contributed by atoms with Crippen LogP contribution in [-0.2, 0) is 14.3 Å². The van der Waals surface area contributed by atoms with Crippen LogP contribution in [0.15, 0.2) is 12.7 Å². The lowest BCUT2D eigenvalue weighted by atomic mass is 10.3. The number of thioether (sulfide) groups is 1. The van der Waals surface area contributed by atoms with Crippen LogP contribution >= 0.6 is 11.8 Å². The van der Waals surface area contributed by atoms with Gasteiger partial charge in [-0.05, 0) is 6.26 Å². The average Bonchev–Trinajstić information content (AvgIpc) is 2.25. The SMILES string of the molecule is C=CCOCC(NC(=O)CCSC)C(=O)O. The molecule has 0 radical (unpaired) electrons. The zero-order valence-corrected chi connectivity index (χ0v) is 10.1. The zero-order valence-electron chi connectivity index (χ0n) is 9.27. The molecule has 0 saturated heterocycles. The number of carbonyl (C=O) groups is 2. The van der Waals surface area contributed by atoms with Gasteiger partial charge in [0.05, 0.1) is 13.2 Å². The van der Waals surface area contributed by atoms with Gasteiger partial charge in [0.1, 0.15) is 0 Å². The third kappa shape index (κ3) is 7.30. The van der Waals surface area contributed by atoms with Gasteiger partial charge >= 0.3 is 5.97 Å². The van der Waals surface area contributed by atoms with Gasteiger partial charge in [0.25, 0.3) is 0 Å². The summed E-state index contributed by atoms with van der Waals surface area (Å²) in [5, 5.41) is 11.2. The Balaban J connectivity index is 3.96. The van der Waals surface area contributed by atoms with E-state index >= 15 is 0 Å². The van der Waals surface area contributed by atoms with Crippen molar-refractivity contribution < 1.29 is 19.4 Å². The summed E-state index contributed by atoms with van der Waals surface area (Å²) >= 11 is 1.53.